The summed E-state index contributed by atoms with van der Waals surface area (Å²) in [6.45, 7) is 10.1. The van der Waals surface area contributed by atoms with Gasteiger partial charge in [-0.15, -0.1) is 24.0 Å². The monoisotopic (exact) mass is 371 g/mol. The first-order valence-electron chi connectivity index (χ1n) is 6.59. The molecule has 5 heteroatoms. The molecule has 18 heavy (non-hydrogen) atoms. The molecule has 1 atom stereocenters. The summed E-state index contributed by atoms with van der Waals surface area (Å²) in [4.78, 5) is 4.46. The van der Waals surface area contributed by atoms with Gasteiger partial charge in [0.05, 0.1) is 6.61 Å². The van der Waals surface area contributed by atoms with Gasteiger partial charge < -0.3 is 15.8 Å². The van der Waals surface area contributed by atoms with Gasteiger partial charge in [0.15, 0.2) is 5.96 Å². The van der Waals surface area contributed by atoms with Gasteiger partial charge in [-0.05, 0) is 31.6 Å². The zero-order chi connectivity index (χ0) is 13.3. The highest BCUT2D eigenvalue weighted by Crippen LogP contribution is 2.30. The average Bonchev–Trinajstić information content (AvgIpc) is 2.32. The lowest BCUT2D eigenvalue weighted by atomic mass is 9.80. The Morgan fingerprint density at radius 1 is 1.28 bits per heavy atom. The zero-order valence-electron chi connectivity index (χ0n) is 12.5. The molecule has 110 valence electrons. The minimum absolute atomic E-state index is 0. The molecule has 0 aliphatic rings. The normalized spacial score (nSPS) is 13.9. The largest absolute Gasteiger partial charge is 0.383 e. The van der Waals surface area contributed by atoms with E-state index in [0.717, 1.165) is 25.8 Å². The molecule has 0 saturated heterocycles. The third-order valence-corrected chi connectivity index (χ3v) is 3.65. The van der Waals surface area contributed by atoms with Gasteiger partial charge in [-0.3, -0.25) is 4.99 Å². The van der Waals surface area contributed by atoms with E-state index in [1.54, 1.807) is 7.11 Å². The highest BCUT2D eigenvalue weighted by atomic mass is 127. The Morgan fingerprint density at radius 2 is 1.78 bits per heavy atom. The number of ether oxygens (including phenoxy) is 1. The van der Waals surface area contributed by atoms with Gasteiger partial charge in [-0.1, -0.05) is 20.8 Å². The van der Waals surface area contributed by atoms with Crippen LogP contribution in [0, 0.1) is 5.41 Å². The molecule has 0 aromatic carbocycles. The van der Waals surface area contributed by atoms with E-state index in [9.17, 15) is 0 Å². The summed E-state index contributed by atoms with van der Waals surface area (Å²) in [6.07, 6.45) is 3.43. The van der Waals surface area contributed by atoms with Crippen LogP contribution in [0.15, 0.2) is 4.99 Å². The van der Waals surface area contributed by atoms with Crippen LogP contribution < -0.4 is 11.1 Å². The highest BCUT2D eigenvalue weighted by Gasteiger charge is 2.23. The zero-order valence-corrected chi connectivity index (χ0v) is 14.8. The van der Waals surface area contributed by atoms with Crippen LogP contribution in [0.5, 0.6) is 0 Å². The van der Waals surface area contributed by atoms with Crippen LogP contribution in [0.25, 0.3) is 0 Å². The fourth-order valence-electron chi connectivity index (χ4n) is 1.93. The minimum atomic E-state index is 0. The van der Waals surface area contributed by atoms with Crippen LogP contribution in [0.4, 0.5) is 0 Å². The van der Waals surface area contributed by atoms with Crippen LogP contribution in [0.3, 0.4) is 0 Å². The Hall–Kier alpha value is -0.0400. The van der Waals surface area contributed by atoms with E-state index >= 15 is 0 Å². The van der Waals surface area contributed by atoms with Crippen molar-refractivity contribution < 1.29 is 4.74 Å². The summed E-state index contributed by atoms with van der Waals surface area (Å²) in [5.74, 6) is 0.522. The van der Waals surface area contributed by atoms with Gasteiger partial charge in [0.2, 0.25) is 0 Å². The van der Waals surface area contributed by atoms with Gasteiger partial charge in [0.25, 0.3) is 0 Å². The van der Waals surface area contributed by atoms with Crippen LogP contribution in [-0.4, -0.2) is 32.3 Å². The average molecular weight is 371 g/mol. The molecular formula is C13H30IN3O. The van der Waals surface area contributed by atoms with Crippen LogP contribution in [-0.2, 0) is 4.74 Å². The van der Waals surface area contributed by atoms with Crippen molar-refractivity contribution in [2.75, 3.05) is 20.3 Å². The van der Waals surface area contributed by atoms with E-state index in [1.165, 1.54) is 0 Å². The van der Waals surface area contributed by atoms with E-state index in [2.05, 4.69) is 31.1 Å². The van der Waals surface area contributed by atoms with Crippen molar-refractivity contribution in [2.45, 2.75) is 53.0 Å². The first-order chi connectivity index (χ1) is 8.03. The fourth-order valence-corrected chi connectivity index (χ4v) is 1.93. The summed E-state index contributed by atoms with van der Waals surface area (Å²) in [6, 6.07) is 0.197. The summed E-state index contributed by atoms with van der Waals surface area (Å²) in [5.41, 5.74) is 6.16. The molecule has 1 unspecified atom stereocenters. The maximum atomic E-state index is 5.86. The third-order valence-electron chi connectivity index (χ3n) is 3.65. The molecule has 0 saturated carbocycles. The molecule has 4 nitrogen and oxygen atoms in total. The molecule has 0 radical (unpaired) electrons. The predicted octanol–water partition coefficient (Wildman–Crippen LogP) is 2.76. The van der Waals surface area contributed by atoms with Crippen molar-refractivity contribution in [1.29, 1.82) is 0 Å². The van der Waals surface area contributed by atoms with Crippen molar-refractivity contribution in [1.82, 2.24) is 5.32 Å². The Labute approximate surface area is 129 Å². The highest BCUT2D eigenvalue weighted by molar-refractivity contribution is 14.0. The SMILES string of the molecule is CCC(CC)(CC)CN=C(N)NC(C)COC.I. The van der Waals surface area contributed by atoms with Gasteiger partial charge in [-0.25, -0.2) is 0 Å². The number of hydrogen-bond acceptors (Lipinski definition) is 2. The number of hydrogen-bond donors (Lipinski definition) is 2. The van der Waals surface area contributed by atoms with Gasteiger partial charge >= 0.3 is 0 Å². The first kappa shape index (κ1) is 20.3. The maximum absolute atomic E-state index is 5.86. The summed E-state index contributed by atoms with van der Waals surface area (Å²) < 4.78 is 5.04. The number of aliphatic imine (C=N–C) groups is 1. The van der Waals surface area contributed by atoms with Crippen molar-refractivity contribution in [3.63, 3.8) is 0 Å². The quantitative estimate of drug-likeness (QED) is 0.392. The lowest BCUT2D eigenvalue weighted by Crippen LogP contribution is -2.41. The second-order valence-electron chi connectivity index (χ2n) is 4.76. The number of nitrogens with one attached hydrogen (secondary N) is 1. The van der Waals surface area contributed by atoms with Gasteiger partial charge in [0, 0.05) is 19.7 Å². The molecule has 0 aromatic heterocycles. The lowest BCUT2D eigenvalue weighted by molar-refractivity contribution is 0.179. The Morgan fingerprint density at radius 3 is 2.17 bits per heavy atom. The molecule has 0 aliphatic heterocycles. The molecule has 0 rings (SSSR count). The van der Waals surface area contributed by atoms with E-state index < -0.39 is 0 Å². The summed E-state index contributed by atoms with van der Waals surface area (Å²) >= 11 is 0. The molecule has 0 heterocycles. The summed E-state index contributed by atoms with van der Waals surface area (Å²) in [7, 11) is 1.68. The van der Waals surface area contributed by atoms with Crippen LogP contribution >= 0.6 is 24.0 Å². The Bertz CT molecular complexity index is 222. The standard InChI is InChI=1S/C13H29N3O.HI/c1-6-13(7-2,8-3)10-15-12(14)16-11(4)9-17-5;/h11H,6-10H2,1-5H3,(H3,14,15,16);1H. The topological polar surface area (TPSA) is 59.6 Å². The molecule has 0 aliphatic carbocycles. The van der Waals surface area contributed by atoms with Crippen LogP contribution in [0.1, 0.15) is 47.0 Å². The molecule has 0 spiro atoms. The number of guanidine groups is 1. The Kier molecular flexibility index (Phi) is 12.2. The molecule has 0 fully saturated rings. The molecule has 0 aromatic rings. The molecule has 0 bridgehead atoms. The summed E-state index contributed by atoms with van der Waals surface area (Å²) in [5, 5.41) is 3.13. The van der Waals surface area contributed by atoms with E-state index in [0.29, 0.717) is 18.0 Å². The fraction of sp³-hybridized carbons (Fsp3) is 0.923. The van der Waals surface area contributed by atoms with E-state index in [1.807, 2.05) is 6.92 Å². The van der Waals surface area contributed by atoms with Crippen molar-refractivity contribution in [3.8, 4) is 0 Å². The van der Waals surface area contributed by atoms with E-state index in [-0.39, 0.29) is 30.0 Å². The number of methoxy groups -OCH3 is 1. The van der Waals surface area contributed by atoms with Gasteiger partial charge in [-0.2, -0.15) is 0 Å². The lowest BCUT2D eigenvalue weighted by Gasteiger charge is -2.28. The maximum Gasteiger partial charge on any atom is 0.188 e. The van der Waals surface area contributed by atoms with Crippen molar-refractivity contribution in [2.24, 2.45) is 16.1 Å². The minimum Gasteiger partial charge on any atom is -0.383 e. The molecular weight excluding hydrogens is 341 g/mol. The number of nitrogens with two attached hydrogens (primary N) is 1. The molecule has 3 N–H and O–H groups in total. The van der Waals surface area contributed by atoms with Crippen molar-refractivity contribution in [3.05, 3.63) is 0 Å². The smallest absolute Gasteiger partial charge is 0.188 e. The number of halogens is 1. The number of nitrogens with zero attached hydrogens (tertiary/aromatic N) is 1. The predicted molar refractivity (Wildman–Crippen MR) is 89.7 cm³/mol. The van der Waals surface area contributed by atoms with Gasteiger partial charge in [0.1, 0.15) is 0 Å². The third kappa shape index (κ3) is 7.41. The van der Waals surface area contributed by atoms with Crippen LogP contribution in [0.2, 0.25) is 0 Å². The number of rotatable bonds is 8. The molecule has 0 amide bonds. The Balaban J connectivity index is 0. The van der Waals surface area contributed by atoms with Crippen molar-refractivity contribution >= 4 is 29.9 Å². The second-order valence-corrected chi connectivity index (χ2v) is 4.76. The van der Waals surface area contributed by atoms with E-state index in [4.69, 9.17) is 10.5 Å². The second kappa shape index (κ2) is 10.8. The first-order valence-corrected chi connectivity index (χ1v) is 6.59.